The minimum Gasteiger partial charge on any atom is -0.490 e. The molecule has 0 atom stereocenters. The van der Waals surface area contributed by atoms with E-state index in [0.29, 0.717) is 24.6 Å². The van der Waals surface area contributed by atoms with E-state index in [1.54, 1.807) is 26.8 Å². The number of amides is 1. The Balaban J connectivity index is 2.45. The normalized spacial score (nSPS) is 15.3. The summed E-state index contributed by atoms with van der Waals surface area (Å²) in [4.78, 5) is 13.3. The minimum atomic E-state index is -3.64. The van der Waals surface area contributed by atoms with E-state index >= 15 is 0 Å². The lowest BCUT2D eigenvalue weighted by atomic mass is 10.1. The molecule has 1 aromatic carbocycles. The average molecular weight is 312 g/mol. The van der Waals surface area contributed by atoms with Gasteiger partial charge in [0, 0.05) is 12.5 Å². The fraction of sp³-hybridized carbons (Fsp3) is 0.500. The molecule has 6 nitrogen and oxygen atoms in total. The van der Waals surface area contributed by atoms with Gasteiger partial charge in [-0.25, -0.2) is 13.1 Å². The van der Waals surface area contributed by atoms with Crippen LogP contribution in [0.1, 0.15) is 27.7 Å². The summed E-state index contributed by atoms with van der Waals surface area (Å²) < 4.78 is 32.8. The molecule has 0 aromatic heterocycles. The maximum Gasteiger partial charge on any atom is 0.241 e. The molecule has 116 valence electrons. The first kappa shape index (κ1) is 15.8. The highest BCUT2D eigenvalue weighted by molar-refractivity contribution is 7.89. The zero-order chi connectivity index (χ0) is 15.8. The van der Waals surface area contributed by atoms with Gasteiger partial charge in [0.15, 0.2) is 0 Å². The number of carbonyl (C=O) groups is 1. The van der Waals surface area contributed by atoms with Crippen molar-refractivity contribution in [1.82, 2.24) is 4.72 Å². The molecule has 1 aliphatic heterocycles. The van der Waals surface area contributed by atoms with Gasteiger partial charge in [0.25, 0.3) is 0 Å². The Morgan fingerprint density at radius 3 is 2.57 bits per heavy atom. The van der Waals surface area contributed by atoms with E-state index in [0.717, 1.165) is 0 Å². The number of fused-ring (bicyclic) bond motifs is 1. The standard InChI is InChI=1S/C14H20N2O4S/c1-10(17)16-7-8-20-13-6-5-11(9-12(13)16)21(18,19)15-14(2,3)4/h5-6,9,15H,7-8H2,1-4H3. The summed E-state index contributed by atoms with van der Waals surface area (Å²) in [6.07, 6.45) is 0. The van der Waals surface area contributed by atoms with Crippen LogP contribution in [0.2, 0.25) is 0 Å². The van der Waals surface area contributed by atoms with Gasteiger partial charge in [-0.1, -0.05) is 0 Å². The van der Waals surface area contributed by atoms with Crippen LogP contribution in [0.5, 0.6) is 5.75 Å². The van der Waals surface area contributed by atoms with Crippen LogP contribution in [0.15, 0.2) is 23.1 Å². The van der Waals surface area contributed by atoms with Gasteiger partial charge in [0.1, 0.15) is 12.4 Å². The molecule has 0 fully saturated rings. The van der Waals surface area contributed by atoms with Crippen LogP contribution >= 0.6 is 0 Å². The van der Waals surface area contributed by atoms with Crippen molar-refractivity contribution in [2.75, 3.05) is 18.1 Å². The van der Waals surface area contributed by atoms with Gasteiger partial charge in [-0.2, -0.15) is 0 Å². The van der Waals surface area contributed by atoms with E-state index < -0.39 is 15.6 Å². The van der Waals surface area contributed by atoms with Gasteiger partial charge in [-0.3, -0.25) is 4.79 Å². The van der Waals surface area contributed by atoms with Crippen molar-refractivity contribution >= 4 is 21.6 Å². The molecule has 0 saturated carbocycles. The van der Waals surface area contributed by atoms with Crippen LogP contribution in [-0.4, -0.2) is 33.0 Å². The summed E-state index contributed by atoms with van der Waals surface area (Å²) in [6.45, 7) is 7.58. The predicted octanol–water partition coefficient (Wildman–Crippen LogP) is 1.51. The van der Waals surface area contributed by atoms with Crippen molar-refractivity contribution in [1.29, 1.82) is 0 Å². The molecule has 0 bridgehead atoms. The predicted molar refractivity (Wildman–Crippen MR) is 80.0 cm³/mol. The second kappa shape index (κ2) is 5.31. The van der Waals surface area contributed by atoms with E-state index in [-0.39, 0.29) is 10.8 Å². The lowest BCUT2D eigenvalue weighted by Crippen LogP contribution is -2.41. The number of nitrogens with zero attached hydrogens (tertiary/aromatic N) is 1. The Kier molecular flexibility index (Phi) is 3.99. The lowest BCUT2D eigenvalue weighted by molar-refractivity contribution is -0.116. The smallest absolute Gasteiger partial charge is 0.241 e. The first-order valence-electron chi connectivity index (χ1n) is 6.69. The van der Waals surface area contributed by atoms with Crippen LogP contribution in [0.4, 0.5) is 5.69 Å². The topological polar surface area (TPSA) is 75.7 Å². The quantitative estimate of drug-likeness (QED) is 0.898. The molecule has 0 saturated heterocycles. The van der Waals surface area contributed by atoms with Crippen LogP contribution in [0.25, 0.3) is 0 Å². The molecular formula is C14H20N2O4S. The average Bonchev–Trinajstić information content (AvgIpc) is 2.34. The summed E-state index contributed by atoms with van der Waals surface area (Å²) in [5, 5.41) is 0. The van der Waals surface area contributed by atoms with Gasteiger partial charge >= 0.3 is 0 Å². The molecule has 1 amide bonds. The summed E-state index contributed by atoms with van der Waals surface area (Å²) in [6, 6.07) is 4.54. The Bertz CT molecular complexity index is 662. The van der Waals surface area contributed by atoms with Crippen molar-refractivity contribution in [3.05, 3.63) is 18.2 Å². The molecule has 0 spiro atoms. The van der Waals surface area contributed by atoms with Crippen LogP contribution in [0.3, 0.4) is 0 Å². The van der Waals surface area contributed by atoms with Gasteiger partial charge in [-0.05, 0) is 39.0 Å². The Hall–Kier alpha value is -1.60. The van der Waals surface area contributed by atoms with Crippen LogP contribution in [0, 0.1) is 0 Å². The van der Waals surface area contributed by atoms with E-state index in [1.165, 1.54) is 24.0 Å². The number of ether oxygens (including phenoxy) is 1. The number of rotatable bonds is 2. The summed E-state index contributed by atoms with van der Waals surface area (Å²) >= 11 is 0. The van der Waals surface area contributed by atoms with E-state index in [4.69, 9.17) is 4.74 Å². The minimum absolute atomic E-state index is 0.118. The molecule has 0 aliphatic carbocycles. The van der Waals surface area contributed by atoms with Gasteiger partial charge in [0.05, 0.1) is 17.1 Å². The molecule has 1 aliphatic rings. The molecule has 2 rings (SSSR count). The van der Waals surface area contributed by atoms with Crippen LogP contribution in [-0.2, 0) is 14.8 Å². The maximum atomic E-state index is 12.4. The Labute approximate surface area is 125 Å². The molecule has 1 aromatic rings. The van der Waals surface area contributed by atoms with Crippen LogP contribution < -0.4 is 14.4 Å². The number of carbonyl (C=O) groups excluding carboxylic acids is 1. The highest BCUT2D eigenvalue weighted by Crippen LogP contribution is 2.34. The highest BCUT2D eigenvalue weighted by Gasteiger charge is 2.26. The molecule has 0 radical (unpaired) electrons. The largest absolute Gasteiger partial charge is 0.490 e. The number of hydrogen-bond donors (Lipinski definition) is 1. The monoisotopic (exact) mass is 312 g/mol. The third-order valence-corrected chi connectivity index (χ3v) is 4.68. The van der Waals surface area contributed by atoms with Crippen molar-refractivity contribution in [3.8, 4) is 5.75 Å². The van der Waals surface area contributed by atoms with Crippen molar-refractivity contribution in [3.63, 3.8) is 0 Å². The molecule has 1 N–H and O–H groups in total. The van der Waals surface area contributed by atoms with Gasteiger partial charge in [0.2, 0.25) is 15.9 Å². The fourth-order valence-electron chi connectivity index (χ4n) is 2.15. The first-order valence-corrected chi connectivity index (χ1v) is 8.17. The Morgan fingerprint density at radius 2 is 2.00 bits per heavy atom. The number of benzene rings is 1. The van der Waals surface area contributed by atoms with Crippen molar-refractivity contribution in [2.24, 2.45) is 0 Å². The third kappa shape index (κ3) is 3.54. The molecular weight excluding hydrogens is 292 g/mol. The van der Waals surface area contributed by atoms with Gasteiger partial charge < -0.3 is 9.64 Å². The third-order valence-electron chi connectivity index (χ3n) is 2.92. The van der Waals surface area contributed by atoms with Crippen molar-refractivity contribution < 1.29 is 17.9 Å². The molecule has 0 unspecified atom stereocenters. The molecule has 21 heavy (non-hydrogen) atoms. The second-order valence-electron chi connectivity index (χ2n) is 6.00. The van der Waals surface area contributed by atoms with Gasteiger partial charge in [-0.15, -0.1) is 0 Å². The lowest BCUT2D eigenvalue weighted by Gasteiger charge is -2.29. The zero-order valence-electron chi connectivity index (χ0n) is 12.6. The van der Waals surface area contributed by atoms with E-state index in [1.807, 2.05) is 0 Å². The number of hydrogen-bond acceptors (Lipinski definition) is 4. The first-order chi connectivity index (χ1) is 9.60. The summed E-state index contributed by atoms with van der Waals surface area (Å²) in [5.41, 5.74) is -0.0866. The fourth-order valence-corrected chi connectivity index (χ4v) is 3.59. The number of nitrogens with one attached hydrogen (secondary N) is 1. The number of sulfonamides is 1. The summed E-state index contributed by atoms with van der Waals surface area (Å²) in [5.74, 6) is 0.379. The SMILES string of the molecule is CC(=O)N1CCOc2ccc(S(=O)(=O)NC(C)(C)C)cc21. The summed E-state index contributed by atoms with van der Waals surface area (Å²) in [7, 11) is -3.64. The molecule has 1 heterocycles. The second-order valence-corrected chi connectivity index (χ2v) is 7.69. The highest BCUT2D eigenvalue weighted by atomic mass is 32.2. The maximum absolute atomic E-state index is 12.4. The van der Waals surface area contributed by atoms with Crippen molar-refractivity contribution in [2.45, 2.75) is 38.1 Å². The Morgan fingerprint density at radius 1 is 1.33 bits per heavy atom. The zero-order valence-corrected chi connectivity index (χ0v) is 13.5. The van der Waals surface area contributed by atoms with E-state index in [9.17, 15) is 13.2 Å². The molecule has 7 heteroatoms. The van der Waals surface area contributed by atoms with E-state index in [2.05, 4.69) is 4.72 Å². The number of anilines is 1.